The highest BCUT2D eigenvalue weighted by molar-refractivity contribution is 7.89. The molecule has 1 aromatic rings. The van der Waals surface area contributed by atoms with Crippen molar-refractivity contribution in [2.24, 2.45) is 0 Å². The second-order valence-corrected chi connectivity index (χ2v) is 6.53. The zero-order valence-electron chi connectivity index (χ0n) is 10.1. The first-order valence-corrected chi connectivity index (χ1v) is 7.14. The van der Waals surface area contributed by atoms with Crippen LogP contribution in [0.5, 0.6) is 0 Å². The van der Waals surface area contributed by atoms with E-state index < -0.39 is 15.6 Å². The molecule has 0 spiro atoms. The van der Waals surface area contributed by atoms with Crippen LogP contribution in [0.15, 0.2) is 23.1 Å². The van der Waals surface area contributed by atoms with Crippen molar-refractivity contribution < 1.29 is 8.42 Å². The molecule has 0 unspecified atom stereocenters. The first-order valence-electron chi connectivity index (χ1n) is 5.27. The van der Waals surface area contributed by atoms with Gasteiger partial charge in [-0.25, -0.2) is 13.1 Å². The van der Waals surface area contributed by atoms with Gasteiger partial charge in [0, 0.05) is 5.54 Å². The van der Waals surface area contributed by atoms with Gasteiger partial charge in [0.1, 0.15) is 4.90 Å². The van der Waals surface area contributed by atoms with Gasteiger partial charge in [0.25, 0.3) is 0 Å². The van der Waals surface area contributed by atoms with Crippen molar-refractivity contribution in [1.82, 2.24) is 4.72 Å². The van der Waals surface area contributed by atoms with E-state index in [1.54, 1.807) is 19.9 Å². The molecule has 3 N–H and O–H groups in total. The van der Waals surface area contributed by atoms with Crippen molar-refractivity contribution >= 4 is 27.3 Å². The molecule has 17 heavy (non-hydrogen) atoms. The number of hydrogen-bond donors (Lipinski definition) is 2. The molecule has 0 radical (unpaired) electrons. The summed E-state index contributed by atoms with van der Waals surface area (Å²) in [5.41, 5.74) is 5.28. The molecule has 1 aromatic carbocycles. The molecule has 96 valence electrons. The lowest BCUT2D eigenvalue weighted by molar-refractivity contribution is 0.439. The number of rotatable bonds is 4. The number of benzene rings is 1. The summed E-state index contributed by atoms with van der Waals surface area (Å²) in [5.74, 6) is 0. The maximum absolute atomic E-state index is 12.2. The van der Waals surface area contributed by atoms with Gasteiger partial charge in [-0.2, -0.15) is 0 Å². The maximum atomic E-state index is 12.2. The van der Waals surface area contributed by atoms with Crippen molar-refractivity contribution in [2.75, 3.05) is 5.73 Å². The highest BCUT2D eigenvalue weighted by atomic mass is 35.5. The second-order valence-electron chi connectivity index (χ2n) is 4.50. The molecule has 0 aliphatic heterocycles. The van der Waals surface area contributed by atoms with Gasteiger partial charge < -0.3 is 5.73 Å². The van der Waals surface area contributed by atoms with Crippen molar-refractivity contribution in [3.63, 3.8) is 0 Å². The van der Waals surface area contributed by atoms with E-state index in [1.165, 1.54) is 12.1 Å². The summed E-state index contributed by atoms with van der Waals surface area (Å²) in [6.07, 6.45) is 0.663. The topological polar surface area (TPSA) is 72.2 Å². The molecule has 6 heteroatoms. The van der Waals surface area contributed by atoms with Crippen molar-refractivity contribution in [3.8, 4) is 0 Å². The first kappa shape index (κ1) is 14.3. The van der Waals surface area contributed by atoms with Crippen LogP contribution in [-0.4, -0.2) is 14.0 Å². The molecule has 0 bridgehead atoms. The molecule has 0 aromatic heterocycles. The lowest BCUT2D eigenvalue weighted by Crippen LogP contribution is -2.42. The van der Waals surface area contributed by atoms with Crippen molar-refractivity contribution in [3.05, 3.63) is 23.2 Å². The monoisotopic (exact) mass is 276 g/mol. The smallest absolute Gasteiger partial charge is 0.244 e. The maximum Gasteiger partial charge on any atom is 0.244 e. The van der Waals surface area contributed by atoms with Crippen molar-refractivity contribution in [2.45, 2.75) is 37.6 Å². The van der Waals surface area contributed by atoms with E-state index in [4.69, 9.17) is 17.3 Å². The summed E-state index contributed by atoms with van der Waals surface area (Å²) >= 11 is 5.89. The third-order valence-electron chi connectivity index (χ3n) is 2.56. The van der Waals surface area contributed by atoms with Crippen molar-refractivity contribution in [1.29, 1.82) is 0 Å². The molecule has 0 saturated heterocycles. The summed E-state index contributed by atoms with van der Waals surface area (Å²) in [5, 5.41) is 0.129. The second kappa shape index (κ2) is 4.84. The van der Waals surface area contributed by atoms with Gasteiger partial charge in [-0.1, -0.05) is 24.6 Å². The Hall–Kier alpha value is -0.780. The van der Waals surface area contributed by atoms with Gasteiger partial charge >= 0.3 is 0 Å². The van der Waals surface area contributed by atoms with Gasteiger partial charge in [0.05, 0.1) is 10.7 Å². The Morgan fingerprint density at radius 3 is 2.47 bits per heavy atom. The summed E-state index contributed by atoms with van der Waals surface area (Å²) in [4.78, 5) is -0.0526. The van der Waals surface area contributed by atoms with Crippen LogP contribution in [-0.2, 0) is 10.0 Å². The van der Waals surface area contributed by atoms with Gasteiger partial charge in [-0.3, -0.25) is 0 Å². The minimum absolute atomic E-state index is 0.0526. The lowest BCUT2D eigenvalue weighted by Gasteiger charge is -2.24. The Kier molecular flexibility index (Phi) is 4.06. The molecule has 4 nitrogen and oxygen atoms in total. The number of nitrogens with one attached hydrogen (secondary N) is 1. The molecule has 1 rings (SSSR count). The van der Waals surface area contributed by atoms with Crippen LogP contribution >= 0.6 is 11.6 Å². The Balaban J connectivity index is 3.24. The molecule has 0 fully saturated rings. The normalized spacial score (nSPS) is 12.7. The van der Waals surface area contributed by atoms with E-state index in [2.05, 4.69) is 4.72 Å². The Labute approximate surface area is 107 Å². The zero-order chi connectivity index (χ0) is 13.3. The summed E-state index contributed by atoms with van der Waals surface area (Å²) < 4.78 is 26.9. The number of nitrogen functional groups attached to an aromatic ring is 1. The quantitative estimate of drug-likeness (QED) is 0.830. The fraction of sp³-hybridized carbons (Fsp3) is 0.455. The molecule has 0 amide bonds. The fourth-order valence-corrected chi connectivity index (χ4v) is 3.46. The fourth-order valence-electron chi connectivity index (χ4n) is 1.30. The molecule has 0 aliphatic carbocycles. The van der Waals surface area contributed by atoms with E-state index in [0.29, 0.717) is 6.42 Å². The van der Waals surface area contributed by atoms with Crippen LogP contribution in [0.3, 0.4) is 0 Å². The van der Waals surface area contributed by atoms with E-state index >= 15 is 0 Å². The van der Waals surface area contributed by atoms with Gasteiger partial charge in [-0.05, 0) is 32.4 Å². The summed E-state index contributed by atoms with van der Waals surface area (Å²) in [6, 6.07) is 4.63. The minimum Gasteiger partial charge on any atom is -0.398 e. The Morgan fingerprint density at radius 2 is 2.00 bits per heavy atom. The summed E-state index contributed by atoms with van der Waals surface area (Å²) in [7, 11) is -3.70. The highest BCUT2D eigenvalue weighted by Gasteiger charge is 2.27. The zero-order valence-corrected chi connectivity index (χ0v) is 11.7. The third kappa shape index (κ3) is 3.34. The van der Waals surface area contributed by atoms with Crippen LogP contribution in [0.1, 0.15) is 27.2 Å². The van der Waals surface area contributed by atoms with E-state index in [0.717, 1.165) is 0 Å². The largest absolute Gasteiger partial charge is 0.398 e. The molecule has 0 aliphatic rings. The average molecular weight is 277 g/mol. The molecular formula is C11H17ClN2O2S. The van der Waals surface area contributed by atoms with Gasteiger partial charge in [0.2, 0.25) is 10.0 Å². The van der Waals surface area contributed by atoms with Gasteiger partial charge in [-0.15, -0.1) is 0 Å². The molecular weight excluding hydrogens is 260 g/mol. The number of hydrogen-bond acceptors (Lipinski definition) is 3. The van der Waals surface area contributed by atoms with E-state index in [-0.39, 0.29) is 15.6 Å². The van der Waals surface area contributed by atoms with Crippen LogP contribution in [0, 0.1) is 0 Å². The Bertz CT molecular complexity index is 492. The van der Waals surface area contributed by atoms with Crippen LogP contribution < -0.4 is 10.5 Å². The van der Waals surface area contributed by atoms with E-state index in [9.17, 15) is 8.42 Å². The highest BCUT2D eigenvalue weighted by Crippen LogP contribution is 2.28. The molecule has 0 atom stereocenters. The van der Waals surface area contributed by atoms with Crippen LogP contribution in [0.2, 0.25) is 5.02 Å². The minimum atomic E-state index is -3.70. The number of anilines is 1. The number of nitrogens with two attached hydrogens (primary N) is 1. The lowest BCUT2D eigenvalue weighted by atomic mass is 10.0. The first-order chi connectivity index (χ1) is 7.69. The predicted molar refractivity (Wildman–Crippen MR) is 70.6 cm³/mol. The van der Waals surface area contributed by atoms with Crippen LogP contribution in [0.25, 0.3) is 0 Å². The molecule has 0 saturated carbocycles. The van der Waals surface area contributed by atoms with Gasteiger partial charge in [0.15, 0.2) is 0 Å². The predicted octanol–water partition coefficient (Wildman–Crippen LogP) is 2.39. The molecule has 0 heterocycles. The number of halogens is 1. The number of sulfonamides is 1. The summed E-state index contributed by atoms with van der Waals surface area (Å²) in [6.45, 7) is 5.51. The van der Waals surface area contributed by atoms with E-state index in [1.807, 2.05) is 6.92 Å². The third-order valence-corrected chi connectivity index (χ3v) is 4.80. The SMILES string of the molecule is CCC(C)(C)NS(=O)(=O)c1c(N)cccc1Cl. The van der Waals surface area contributed by atoms with Crippen LogP contribution in [0.4, 0.5) is 5.69 Å². The Morgan fingerprint density at radius 1 is 1.41 bits per heavy atom. The average Bonchev–Trinajstić information content (AvgIpc) is 2.15. The standard InChI is InChI=1S/C11H17ClN2O2S/c1-4-11(2,3)14-17(15,16)10-8(12)6-5-7-9(10)13/h5-7,14H,4,13H2,1-3H3.